The molecule has 17 heavy (non-hydrogen) atoms. The zero-order valence-corrected chi connectivity index (χ0v) is 8.83. The van der Waals surface area contributed by atoms with Crippen LogP contribution < -0.4 is 0 Å². The predicted octanol–water partition coefficient (Wildman–Crippen LogP) is 2.97. The number of aliphatic hydroxyl groups is 1. The third kappa shape index (κ3) is 3.61. The molecule has 0 heterocycles. The van der Waals surface area contributed by atoms with E-state index in [4.69, 9.17) is 10.4 Å². The Morgan fingerprint density at radius 2 is 2.06 bits per heavy atom. The fraction of sp³-hybridized carbons (Fsp3) is 0.250. The van der Waals surface area contributed by atoms with Crippen molar-refractivity contribution >= 4 is 6.08 Å². The van der Waals surface area contributed by atoms with Crippen molar-refractivity contribution in [2.24, 2.45) is 0 Å². The monoisotopic (exact) mass is 241 g/mol. The van der Waals surface area contributed by atoms with Gasteiger partial charge in [-0.25, -0.2) is 0 Å². The molecule has 0 fully saturated rings. The zero-order valence-electron chi connectivity index (χ0n) is 8.83. The molecule has 1 N–H and O–H groups in total. The molecule has 2 nitrogen and oxygen atoms in total. The topological polar surface area (TPSA) is 44.0 Å². The molecule has 1 aromatic rings. The molecule has 1 rings (SSSR count). The molecule has 0 aliphatic heterocycles. The van der Waals surface area contributed by atoms with Crippen LogP contribution >= 0.6 is 0 Å². The number of hydrogen-bond donors (Lipinski definition) is 1. The second-order valence-electron chi connectivity index (χ2n) is 3.33. The quantitative estimate of drug-likeness (QED) is 0.884. The van der Waals surface area contributed by atoms with Gasteiger partial charge in [0.25, 0.3) is 0 Å². The first-order chi connectivity index (χ1) is 7.99. The molecule has 0 amide bonds. The van der Waals surface area contributed by atoms with Crippen molar-refractivity contribution in [1.29, 1.82) is 5.26 Å². The van der Waals surface area contributed by atoms with Crippen molar-refractivity contribution in [3.8, 4) is 6.07 Å². The van der Waals surface area contributed by atoms with Gasteiger partial charge in [-0.05, 0) is 30.2 Å². The van der Waals surface area contributed by atoms with Gasteiger partial charge < -0.3 is 5.11 Å². The third-order valence-corrected chi connectivity index (χ3v) is 2.09. The van der Waals surface area contributed by atoms with Crippen LogP contribution in [0.15, 0.2) is 24.3 Å². The van der Waals surface area contributed by atoms with E-state index >= 15 is 0 Å². The first-order valence-corrected chi connectivity index (χ1v) is 4.88. The SMILES string of the molecule is N#Cc1ccc(C(F)(F)F)cc1C=CCCO. The molecule has 0 saturated carbocycles. The highest BCUT2D eigenvalue weighted by Gasteiger charge is 2.30. The summed E-state index contributed by atoms with van der Waals surface area (Å²) in [4.78, 5) is 0. The number of halogens is 3. The molecule has 1 aromatic carbocycles. The van der Waals surface area contributed by atoms with E-state index < -0.39 is 11.7 Å². The predicted molar refractivity (Wildman–Crippen MR) is 56.9 cm³/mol. The van der Waals surface area contributed by atoms with Crippen LogP contribution in [-0.2, 0) is 6.18 Å². The first kappa shape index (κ1) is 13.3. The third-order valence-electron chi connectivity index (χ3n) is 2.09. The number of alkyl halides is 3. The summed E-state index contributed by atoms with van der Waals surface area (Å²) in [5.74, 6) is 0. The van der Waals surface area contributed by atoms with Gasteiger partial charge in [0.1, 0.15) is 0 Å². The largest absolute Gasteiger partial charge is 0.416 e. The summed E-state index contributed by atoms with van der Waals surface area (Å²) in [5, 5.41) is 17.3. The standard InChI is InChI=1S/C12H10F3NO/c13-12(14,15)11-5-4-10(8-16)9(7-11)3-1-2-6-17/h1,3-5,7,17H,2,6H2. The lowest BCUT2D eigenvalue weighted by Gasteiger charge is -2.08. The molecule has 0 spiro atoms. The summed E-state index contributed by atoms with van der Waals surface area (Å²) in [6.07, 6.45) is -1.16. The molecular formula is C12H10F3NO. The highest BCUT2D eigenvalue weighted by Crippen LogP contribution is 2.30. The Labute approximate surface area is 96.6 Å². The maximum absolute atomic E-state index is 12.4. The number of benzene rings is 1. The smallest absolute Gasteiger partial charge is 0.396 e. The minimum atomic E-state index is -4.42. The van der Waals surface area contributed by atoms with Gasteiger partial charge in [-0.1, -0.05) is 12.2 Å². The Morgan fingerprint density at radius 3 is 2.59 bits per heavy atom. The van der Waals surface area contributed by atoms with Crippen molar-refractivity contribution in [2.45, 2.75) is 12.6 Å². The van der Waals surface area contributed by atoms with E-state index in [-0.39, 0.29) is 17.7 Å². The van der Waals surface area contributed by atoms with Crippen molar-refractivity contribution in [2.75, 3.05) is 6.61 Å². The summed E-state index contributed by atoms with van der Waals surface area (Å²) in [6, 6.07) is 4.76. The summed E-state index contributed by atoms with van der Waals surface area (Å²) in [6.45, 7) is -0.0860. The highest BCUT2D eigenvalue weighted by molar-refractivity contribution is 5.59. The molecule has 0 aliphatic rings. The van der Waals surface area contributed by atoms with E-state index in [2.05, 4.69) is 0 Å². The van der Waals surface area contributed by atoms with Crippen LogP contribution in [0.5, 0.6) is 0 Å². The molecule has 0 aromatic heterocycles. The zero-order chi connectivity index (χ0) is 12.9. The van der Waals surface area contributed by atoms with Crippen LogP contribution in [0.4, 0.5) is 13.2 Å². The maximum Gasteiger partial charge on any atom is 0.416 e. The fourth-order valence-electron chi connectivity index (χ4n) is 1.26. The summed E-state index contributed by atoms with van der Waals surface area (Å²) >= 11 is 0. The van der Waals surface area contributed by atoms with Crippen LogP contribution in [0, 0.1) is 11.3 Å². The van der Waals surface area contributed by atoms with Gasteiger partial charge in [-0.2, -0.15) is 18.4 Å². The van der Waals surface area contributed by atoms with E-state index in [0.29, 0.717) is 6.42 Å². The van der Waals surface area contributed by atoms with Crippen LogP contribution in [0.2, 0.25) is 0 Å². The number of nitriles is 1. The van der Waals surface area contributed by atoms with Gasteiger partial charge in [-0.3, -0.25) is 0 Å². The number of aliphatic hydroxyl groups excluding tert-OH is 1. The van der Waals surface area contributed by atoms with E-state index in [9.17, 15) is 13.2 Å². The number of rotatable bonds is 3. The average molecular weight is 241 g/mol. The van der Waals surface area contributed by atoms with E-state index in [1.165, 1.54) is 12.2 Å². The van der Waals surface area contributed by atoms with E-state index in [1.807, 2.05) is 6.07 Å². The Morgan fingerprint density at radius 1 is 1.35 bits per heavy atom. The van der Waals surface area contributed by atoms with Gasteiger partial charge in [0.15, 0.2) is 0 Å². The molecule has 0 saturated heterocycles. The van der Waals surface area contributed by atoms with Crippen molar-refractivity contribution in [1.82, 2.24) is 0 Å². The molecular weight excluding hydrogens is 231 g/mol. The fourth-order valence-corrected chi connectivity index (χ4v) is 1.26. The van der Waals surface area contributed by atoms with Crippen LogP contribution in [-0.4, -0.2) is 11.7 Å². The number of nitrogens with zero attached hydrogens (tertiary/aromatic N) is 1. The summed E-state index contributed by atoms with van der Waals surface area (Å²) in [5.41, 5.74) is -0.414. The minimum Gasteiger partial charge on any atom is -0.396 e. The first-order valence-electron chi connectivity index (χ1n) is 4.88. The molecule has 0 radical (unpaired) electrons. The Kier molecular flexibility index (Phi) is 4.30. The maximum atomic E-state index is 12.4. The highest BCUT2D eigenvalue weighted by atomic mass is 19.4. The lowest BCUT2D eigenvalue weighted by Crippen LogP contribution is -2.05. The Hall–Kier alpha value is -1.80. The van der Waals surface area contributed by atoms with E-state index in [0.717, 1.165) is 18.2 Å². The lowest BCUT2D eigenvalue weighted by molar-refractivity contribution is -0.137. The van der Waals surface area contributed by atoms with Gasteiger partial charge in [0.05, 0.1) is 17.2 Å². The lowest BCUT2D eigenvalue weighted by atomic mass is 10.0. The van der Waals surface area contributed by atoms with Crippen molar-refractivity contribution < 1.29 is 18.3 Å². The second kappa shape index (κ2) is 5.51. The average Bonchev–Trinajstić information content (AvgIpc) is 2.28. The van der Waals surface area contributed by atoms with Crippen LogP contribution in [0.3, 0.4) is 0 Å². The van der Waals surface area contributed by atoms with Crippen LogP contribution in [0.1, 0.15) is 23.1 Å². The van der Waals surface area contributed by atoms with Crippen LogP contribution in [0.25, 0.3) is 6.08 Å². The summed E-state index contributed by atoms with van der Waals surface area (Å²) < 4.78 is 37.3. The van der Waals surface area contributed by atoms with Gasteiger partial charge in [0.2, 0.25) is 0 Å². The number of hydrogen-bond acceptors (Lipinski definition) is 2. The summed E-state index contributed by atoms with van der Waals surface area (Å²) in [7, 11) is 0. The molecule has 5 heteroatoms. The Bertz CT molecular complexity index is 458. The Balaban J connectivity index is 3.12. The molecule has 0 bridgehead atoms. The molecule has 0 atom stereocenters. The van der Waals surface area contributed by atoms with Crippen molar-refractivity contribution in [3.05, 3.63) is 41.0 Å². The van der Waals surface area contributed by atoms with E-state index in [1.54, 1.807) is 0 Å². The van der Waals surface area contributed by atoms with Gasteiger partial charge in [0, 0.05) is 6.61 Å². The minimum absolute atomic E-state index is 0.0860. The van der Waals surface area contributed by atoms with Gasteiger partial charge in [-0.15, -0.1) is 0 Å². The molecule has 90 valence electrons. The molecule has 0 aliphatic carbocycles. The second-order valence-corrected chi connectivity index (χ2v) is 3.33. The van der Waals surface area contributed by atoms with Crippen molar-refractivity contribution in [3.63, 3.8) is 0 Å². The molecule has 0 unspecified atom stereocenters. The van der Waals surface area contributed by atoms with Gasteiger partial charge >= 0.3 is 6.18 Å². The normalized spacial score (nSPS) is 11.7.